The molecular weight excluding hydrogens is 202 g/mol. The quantitative estimate of drug-likeness (QED) is 0.833. The van der Waals surface area contributed by atoms with Crippen molar-refractivity contribution in [2.24, 2.45) is 5.41 Å². The van der Waals surface area contributed by atoms with Crippen LogP contribution in [0.25, 0.3) is 0 Å². The van der Waals surface area contributed by atoms with Gasteiger partial charge in [0.05, 0.1) is 14.2 Å². The standard InChI is InChI=1S/C13H19NO2/c1-13(2)7-9-5-11(15-3)12(16-4)6-10(9)14-8-13/h5-6,14H,7-8H2,1-4H3. The topological polar surface area (TPSA) is 30.5 Å². The van der Waals surface area contributed by atoms with Crippen LogP contribution in [0.1, 0.15) is 19.4 Å². The molecule has 1 aliphatic rings. The average molecular weight is 221 g/mol. The van der Waals surface area contributed by atoms with Gasteiger partial charge in [0.1, 0.15) is 0 Å². The molecule has 3 nitrogen and oxygen atoms in total. The summed E-state index contributed by atoms with van der Waals surface area (Å²) in [5.41, 5.74) is 2.76. The third-order valence-corrected chi connectivity index (χ3v) is 3.04. The van der Waals surface area contributed by atoms with E-state index in [4.69, 9.17) is 9.47 Å². The van der Waals surface area contributed by atoms with E-state index in [1.807, 2.05) is 6.07 Å². The van der Waals surface area contributed by atoms with Crippen LogP contribution in [0.3, 0.4) is 0 Å². The number of fused-ring (bicyclic) bond motifs is 1. The molecule has 16 heavy (non-hydrogen) atoms. The maximum atomic E-state index is 5.32. The molecule has 88 valence electrons. The van der Waals surface area contributed by atoms with Gasteiger partial charge in [-0.3, -0.25) is 0 Å². The molecule has 0 saturated carbocycles. The number of anilines is 1. The minimum atomic E-state index is 0.298. The van der Waals surface area contributed by atoms with Crippen molar-refractivity contribution < 1.29 is 9.47 Å². The minimum absolute atomic E-state index is 0.298. The predicted octanol–water partition coefficient (Wildman–Crippen LogP) is 2.70. The first-order chi connectivity index (χ1) is 7.55. The van der Waals surface area contributed by atoms with Crippen LogP contribution in [-0.2, 0) is 6.42 Å². The highest BCUT2D eigenvalue weighted by Crippen LogP contribution is 2.39. The fourth-order valence-corrected chi connectivity index (χ4v) is 2.14. The Morgan fingerprint density at radius 1 is 1.12 bits per heavy atom. The van der Waals surface area contributed by atoms with E-state index < -0.39 is 0 Å². The Morgan fingerprint density at radius 2 is 1.75 bits per heavy atom. The van der Waals surface area contributed by atoms with Crippen LogP contribution in [0.4, 0.5) is 5.69 Å². The summed E-state index contributed by atoms with van der Waals surface area (Å²) in [4.78, 5) is 0. The number of benzene rings is 1. The Morgan fingerprint density at radius 3 is 2.38 bits per heavy atom. The summed E-state index contributed by atoms with van der Waals surface area (Å²) in [7, 11) is 3.34. The van der Waals surface area contributed by atoms with Crippen molar-refractivity contribution >= 4 is 5.69 Å². The summed E-state index contributed by atoms with van der Waals surface area (Å²) in [6.45, 7) is 5.52. The van der Waals surface area contributed by atoms with Gasteiger partial charge in [-0.1, -0.05) is 13.8 Å². The average Bonchev–Trinajstić information content (AvgIpc) is 2.26. The smallest absolute Gasteiger partial charge is 0.162 e. The highest BCUT2D eigenvalue weighted by molar-refractivity contribution is 5.62. The summed E-state index contributed by atoms with van der Waals surface area (Å²) in [6, 6.07) is 4.09. The molecule has 0 saturated heterocycles. The maximum absolute atomic E-state index is 5.32. The SMILES string of the molecule is COc1cc2c(cc1OC)NCC(C)(C)C2. The van der Waals surface area contributed by atoms with E-state index in [1.165, 1.54) is 5.56 Å². The van der Waals surface area contributed by atoms with E-state index in [0.717, 1.165) is 30.2 Å². The summed E-state index contributed by atoms with van der Waals surface area (Å²) < 4.78 is 10.6. The molecule has 0 unspecified atom stereocenters. The molecule has 2 rings (SSSR count). The van der Waals surface area contributed by atoms with Gasteiger partial charge in [0.2, 0.25) is 0 Å². The van der Waals surface area contributed by atoms with Gasteiger partial charge in [-0.2, -0.15) is 0 Å². The Labute approximate surface area is 96.8 Å². The van der Waals surface area contributed by atoms with E-state index in [2.05, 4.69) is 25.2 Å². The zero-order valence-electron chi connectivity index (χ0n) is 10.4. The first-order valence-corrected chi connectivity index (χ1v) is 5.54. The zero-order chi connectivity index (χ0) is 11.8. The molecule has 0 aromatic heterocycles. The van der Waals surface area contributed by atoms with Crippen LogP contribution >= 0.6 is 0 Å². The molecule has 0 aliphatic carbocycles. The van der Waals surface area contributed by atoms with Crippen LogP contribution in [0, 0.1) is 5.41 Å². The van der Waals surface area contributed by atoms with Crippen molar-refractivity contribution in [3.8, 4) is 11.5 Å². The maximum Gasteiger partial charge on any atom is 0.162 e. The second kappa shape index (κ2) is 3.89. The van der Waals surface area contributed by atoms with Crippen molar-refractivity contribution in [2.45, 2.75) is 20.3 Å². The van der Waals surface area contributed by atoms with Crippen LogP contribution in [0.15, 0.2) is 12.1 Å². The van der Waals surface area contributed by atoms with E-state index >= 15 is 0 Å². The Hall–Kier alpha value is -1.38. The summed E-state index contributed by atoms with van der Waals surface area (Å²) in [6.07, 6.45) is 1.07. The number of hydrogen-bond acceptors (Lipinski definition) is 3. The number of hydrogen-bond donors (Lipinski definition) is 1. The lowest BCUT2D eigenvalue weighted by molar-refractivity contribution is 0.349. The number of rotatable bonds is 2. The first-order valence-electron chi connectivity index (χ1n) is 5.54. The van der Waals surface area contributed by atoms with Crippen LogP contribution in [0.2, 0.25) is 0 Å². The van der Waals surface area contributed by atoms with E-state index in [0.29, 0.717) is 5.41 Å². The lowest BCUT2D eigenvalue weighted by Gasteiger charge is -2.32. The number of methoxy groups -OCH3 is 2. The zero-order valence-corrected chi connectivity index (χ0v) is 10.4. The predicted molar refractivity (Wildman–Crippen MR) is 65.5 cm³/mol. The molecule has 1 heterocycles. The molecule has 0 bridgehead atoms. The fourth-order valence-electron chi connectivity index (χ4n) is 2.14. The highest BCUT2D eigenvalue weighted by atomic mass is 16.5. The van der Waals surface area contributed by atoms with Gasteiger partial charge in [-0.25, -0.2) is 0 Å². The van der Waals surface area contributed by atoms with Crippen molar-refractivity contribution in [1.82, 2.24) is 0 Å². The summed E-state index contributed by atoms with van der Waals surface area (Å²) >= 11 is 0. The third kappa shape index (κ3) is 1.94. The second-order valence-corrected chi connectivity index (χ2v) is 5.06. The molecule has 0 fully saturated rings. The van der Waals surface area contributed by atoms with Gasteiger partial charge in [0.15, 0.2) is 11.5 Å². The molecule has 3 heteroatoms. The van der Waals surface area contributed by atoms with Crippen molar-refractivity contribution in [3.05, 3.63) is 17.7 Å². The van der Waals surface area contributed by atoms with Gasteiger partial charge in [-0.05, 0) is 23.5 Å². The second-order valence-electron chi connectivity index (χ2n) is 5.06. The largest absolute Gasteiger partial charge is 0.493 e. The van der Waals surface area contributed by atoms with Crippen LogP contribution in [-0.4, -0.2) is 20.8 Å². The molecule has 0 atom stereocenters. The van der Waals surface area contributed by atoms with Gasteiger partial charge < -0.3 is 14.8 Å². The molecule has 1 aliphatic heterocycles. The van der Waals surface area contributed by atoms with Crippen molar-refractivity contribution in [3.63, 3.8) is 0 Å². The third-order valence-electron chi connectivity index (χ3n) is 3.04. The molecule has 1 N–H and O–H groups in total. The van der Waals surface area contributed by atoms with Crippen molar-refractivity contribution in [2.75, 3.05) is 26.1 Å². The molecule has 1 aromatic carbocycles. The molecular formula is C13H19NO2. The van der Waals surface area contributed by atoms with Crippen LogP contribution in [0.5, 0.6) is 11.5 Å². The Bertz CT molecular complexity index is 399. The van der Waals surface area contributed by atoms with Gasteiger partial charge in [-0.15, -0.1) is 0 Å². The molecule has 1 aromatic rings. The van der Waals surface area contributed by atoms with E-state index in [9.17, 15) is 0 Å². The first kappa shape index (κ1) is 11.1. The Balaban J connectivity index is 2.42. The number of ether oxygens (including phenoxy) is 2. The Kier molecular flexibility index (Phi) is 2.70. The summed E-state index contributed by atoms with van der Waals surface area (Å²) in [5, 5.41) is 3.44. The van der Waals surface area contributed by atoms with E-state index in [-0.39, 0.29) is 0 Å². The lowest BCUT2D eigenvalue weighted by Crippen LogP contribution is -2.30. The monoisotopic (exact) mass is 221 g/mol. The van der Waals surface area contributed by atoms with E-state index in [1.54, 1.807) is 14.2 Å². The van der Waals surface area contributed by atoms with Gasteiger partial charge >= 0.3 is 0 Å². The minimum Gasteiger partial charge on any atom is -0.493 e. The van der Waals surface area contributed by atoms with Gasteiger partial charge in [0.25, 0.3) is 0 Å². The molecule has 0 radical (unpaired) electrons. The molecule has 0 spiro atoms. The highest BCUT2D eigenvalue weighted by Gasteiger charge is 2.26. The lowest BCUT2D eigenvalue weighted by atomic mass is 9.82. The fraction of sp³-hybridized carbons (Fsp3) is 0.538. The summed E-state index contributed by atoms with van der Waals surface area (Å²) in [5.74, 6) is 1.59. The van der Waals surface area contributed by atoms with Crippen molar-refractivity contribution in [1.29, 1.82) is 0 Å². The van der Waals surface area contributed by atoms with Crippen LogP contribution < -0.4 is 14.8 Å². The van der Waals surface area contributed by atoms with Gasteiger partial charge in [0, 0.05) is 18.3 Å². The normalized spacial score (nSPS) is 17.2. The molecule has 0 amide bonds. The number of nitrogens with one attached hydrogen (secondary N) is 1.